The molecule has 2 N–H and O–H groups in total. The number of piperazine rings is 1. The number of rotatable bonds is 8. The van der Waals surface area contributed by atoms with Gasteiger partial charge in [-0.25, -0.2) is 9.59 Å². The number of nitrogens with zero attached hydrogens (tertiary/aromatic N) is 2. The smallest absolute Gasteiger partial charge is 0.414 e. The zero-order valence-electron chi connectivity index (χ0n) is 19.1. The van der Waals surface area contributed by atoms with Crippen LogP contribution in [-0.2, 0) is 23.9 Å². The van der Waals surface area contributed by atoms with Crippen LogP contribution >= 0.6 is 0 Å². The molecule has 0 saturated carbocycles. The first-order valence-electron chi connectivity index (χ1n) is 11.0. The predicted octanol–water partition coefficient (Wildman–Crippen LogP) is 2.07. The third-order valence-electron chi connectivity index (χ3n) is 5.25. The first-order chi connectivity index (χ1) is 16.3. The largest absolute Gasteiger partial charge is 0.473 e. The maximum Gasteiger partial charge on any atom is 0.414 e. The summed E-state index contributed by atoms with van der Waals surface area (Å²) in [6, 6.07) is 21.5. The van der Waals surface area contributed by atoms with Crippen molar-refractivity contribution in [3.05, 3.63) is 71.8 Å². The molecule has 0 aromatic heterocycles. The van der Waals surface area contributed by atoms with E-state index in [0.29, 0.717) is 13.2 Å². The van der Waals surface area contributed by atoms with Crippen molar-refractivity contribution in [1.82, 2.24) is 9.80 Å². The van der Waals surface area contributed by atoms with Crippen LogP contribution < -0.4 is 0 Å². The highest BCUT2D eigenvalue weighted by molar-refractivity contribution is 6.27. The minimum absolute atomic E-state index is 0.135. The van der Waals surface area contributed by atoms with Gasteiger partial charge in [0, 0.05) is 32.7 Å². The lowest BCUT2D eigenvalue weighted by atomic mass is 9.96. The Morgan fingerprint density at radius 1 is 0.824 bits per heavy atom. The molecule has 34 heavy (non-hydrogen) atoms. The number of carboxylic acid groups (broad SMARTS) is 2. The number of carboxylic acids is 2. The highest BCUT2D eigenvalue weighted by Gasteiger charge is 2.26. The summed E-state index contributed by atoms with van der Waals surface area (Å²) in [5.41, 5.74) is 2.61. The summed E-state index contributed by atoms with van der Waals surface area (Å²) >= 11 is 0. The van der Waals surface area contributed by atoms with Crippen LogP contribution in [0.5, 0.6) is 0 Å². The fraction of sp³-hybridized carbons (Fsp3) is 0.360. The fourth-order valence-electron chi connectivity index (χ4n) is 3.67. The van der Waals surface area contributed by atoms with Gasteiger partial charge in [0.05, 0.1) is 6.04 Å². The lowest BCUT2D eigenvalue weighted by molar-refractivity contribution is -0.159. The van der Waals surface area contributed by atoms with E-state index in [0.717, 1.165) is 26.2 Å². The van der Waals surface area contributed by atoms with Gasteiger partial charge in [-0.3, -0.25) is 19.4 Å². The van der Waals surface area contributed by atoms with Crippen LogP contribution in [0.2, 0.25) is 0 Å². The molecule has 0 atom stereocenters. The minimum atomic E-state index is -1.82. The molecule has 9 nitrogen and oxygen atoms in total. The topological polar surface area (TPSA) is 124 Å². The molecule has 1 heterocycles. The summed E-state index contributed by atoms with van der Waals surface area (Å²) < 4.78 is 5.15. The van der Waals surface area contributed by atoms with Gasteiger partial charge in [0.2, 0.25) is 0 Å². The van der Waals surface area contributed by atoms with Gasteiger partial charge < -0.3 is 14.9 Å². The van der Waals surface area contributed by atoms with Crippen LogP contribution in [-0.4, -0.2) is 83.0 Å². The van der Waals surface area contributed by atoms with E-state index in [1.54, 1.807) is 0 Å². The molecule has 9 heteroatoms. The predicted molar refractivity (Wildman–Crippen MR) is 124 cm³/mol. The molecule has 0 amide bonds. The van der Waals surface area contributed by atoms with Crippen LogP contribution in [0.15, 0.2) is 60.7 Å². The molecule has 3 rings (SSSR count). The summed E-state index contributed by atoms with van der Waals surface area (Å²) in [6.07, 6.45) is -0.135. The number of carbonyl (C=O) groups is 4. The maximum atomic E-state index is 11.5. The number of benzene rings is 2. The summed E-state index contributed by atoms with van der Waals surface area (Å²) in [5, 5.41) is 14.8. The normalized spacial score (nSPS) is 14.1. The molecular weight excluding hydrogens is 440 g/mol. The third kappa shape index (κ3) is 9.13. The number of ether oxygens (including phenoxy) is 1. The standard InChI is InChI=1S/C23H28N2O3.C2H2O4/c1-19(26)18-22(27)28-17-16-24-12-14-25(15-13-24)23(20-8-4-2-5-9-20)21-10-6-3-7-11-21;3-1(4)2(5)6/h2-11,23H,12-18H2,1H3;(H,3,4)(H,5,6). The summed E-state index contributed by atoms with van der Waals surface area (Å²) in [4.78, 5) is 45.4. The molecule has 0 spiro atoms. The van der Waals surface area contributed by atoms with Gasteiger partial charge in [0.15, 0.2) is 0 Å². The molecule has 0 unspecified atom stereocenters. The van der Waals surface area contributed by atoms with Crippen molar-refractivity contribution >= 4 is 23.7 Å². The number of aliphatic carboxylic acids is 2. The maximum absolute atomic E-state index is 11.5. The lowest BCUT2D eigenvalue weighted by Gasteiger charge is -2.39. The van der Waals surface area contributed by atoms with Crippen LogP contribution in [0.3, 0.4) is 0 Å². The zero-order valence-corrected chi connectivity index (χ0v) is 19.1. The molecule has 182 valence electrons. The van der Waals surface area contributed by atoms with Gasteiger partial charge in [-0.05, 0) is 18.1 Å². The number of Topliss-reactive ketones (excluding diaryl/α,β-unsaturated/α-hetero) is 1. The van der Waals surface area contributed by atoms with Crippen molar-refractivity contribution in [2.24, 2.45) is 0 Å². The molecule has 0 bridgehead atoms. The van der Waals surface area contributed by atoms with Gasteiger partial charge in [0.1, 0.15) is 18.8 Å². The lowest BCUT2D eigenvalue weighted by Crippen LogP contribution is -2.48. The van der Waals surface area contributed by atoms with E-state index < -0.39 is 17.9 Å². The zero-order chi connectivity index (χ0) is 24.9. The Morgan fingerprint density at radius 2 is 1.29 bits per heavy atom. The van der Waals surface area contributed by atoms with Gasteiger partial charge in [0.25, 0.3) is 0 Å². The van der Waals surface area contributed by atoms with Crippen molar-refractivity contribution in [3.8, 4) is 0 Å². The number of esters is 1. The fourth-order valence-corrected chi connectivity index (χ4v) is 3.67. The van der Waals surface area contributed by atoms with Gasteiger partial charge >= 0.3 is 17.9 Å². The van der Waals surface area contributed by atoms with Gasteiger partial charge in [-0.2, -0.15) is 0 Å². The Balaban J connectivity index is 0.000000604. The Kier molecular flexibility index (Phi) is 10.9. The van der Waals surface area contributed by atoms with Crippen LogP contribution in [0, 0.1) is 0 Å². The second-order valence-electron chi connectivity index (χ2n) is 7.81. The molecule has 1 aliphatic heterocycles. The molecule has 0 aliphatic carbocycles. The van der Waals surface area contributed by atoms with Gasteiger partial charge in [-0.1, -0.05) is 60.7 Å². The molecule has 0 radical (unpaired) electrons. The van der Waals surface area contributed by atoms with E-state index in [1.807, 2.05) is 0 Å². The number of hydrogen-bond acceptors (Lipinski definition) is 7. The summed E-state index contributed by atoms with van der Waals surface area (Å²) in [5.74, 6) is -4.24. The summed E-state index contributed by atoms with van der Waals surface area (Å²) in [6.45, 7) is 6.22. The first-order valence-corrected chi connectivity index (χ1v) is 11.0. The Labute approximate surface area is 198 Å². The van der Waals surface area contributed by atoms with Crippen molar-refractivity contribution < 1.29 is 34.1 Å². The number of carbonyl (C=O) groups excluding carboxylic acids is 2. The number of ketones is 1. The number of hydrogen-bond donors (Lipinski definition) is 2. The molecular formula is C25H30N2O7. The second-order valence-corrected chi connectivity index (χ2v) is 7.81. The first kappa shape index (κ1) is 26.7. The Hall–Kier alpha value is -3.56. The Morgan fingerprint density at radius 3 is 1.71 bits per heavy atom. The van der Waals surface area contributed by atoms with Crippen molar-refractivity contribution in [3.63, 3.8) is 0 Å². The average Bonchev–Trinajstić information content (AvgIpc) is 2.81. The monoisotopic (exact) mass is 470 g/mol. The van der Waals surface area contributed by atoms with E-state index in [1.165, 1.54) is 18.1 Å². The van der Waals surface area contributed by atoms with E-state index >= 15 is 0 Å². The van der Waals surface area contributed by atoms with E-state index in [9.17, 15) is 9.59 Å². The van der Waals surface area contributed by atoms with Crippen molar-refractivity contribution in [2.75, 3.05) is 39.3 Å². The molecule has 2 aromatic carbocycles. The van der Waals surface area contributed by atoms with Crippen molar-refractivity contribution in [1.29, 1.82) is 0 Å². The SMILES string of the molecule is CC(=O)CC(=O)OCCN1CCN(C(c2ccccc2)c2ccccc2)CC1.O=C(O)C(=O)O. The molecule has 1 fully saturated rings. The van der Waals surface area contributed by atoms with Crippen LogP contribution in [0.1, 0.15) is 30.5 Å². The molecule has 2 aromatic rings. The third-order valence-corrected chi connectivity index (χ3v) is 5.25. The van der Waals surface area contributed by atoms with Crippen molar-refractivity contribution in [2.45, 2.75) is 19.4 Å². The quantitative estimate of drug-likeness (QED) is 0.339. The molecule has 1 aliphatic rings. The highest BCUT2D eigenvalue weighted by Crippen LogP contribution is 2.29. The minimum Gasteiger partial charge on any atom is -0.473 e. The van der Waals surface area contributed by atoms with E-state index in [2.05, 4.69) is 70.5 Å². The second kappa shape index (κ2) is 13.9. The Bertz CT molecular complexity index is 891. The average molecular weight is 471 g/mol. The summed E-state index contributed by atoms with van der Waals surface area (Å²) in [7, 11) is 0. The highest BCUT2D eigenvalue weighted by atomic mass is 16.5. The van der Waals surface area contributed by atoms with E-state index in [-0.39, 0.29) is 18.2 Å². The van der Waals surface area contributed by atoms with E-state index in [4.69, 9.17) is 24.5 Å². The van der Waals surface area contributed by atoms with Gasteiger partial charge in [-0.15, -0.1) is 0 Å². The van der Waals surface area contributed by atoms with Crippen LogP contribution in [0.25, 0.3) is 0 Å². The molecule has 1 saturated heterocycles. The van der Waals surface area contributed by atoms with Crippen LogP contribution in [0.4, 0.5) is 0 Å².